The monoisotopic (exact) mass is 287 g/mol. The fraction of sp³-hybridized carbons (Fsp3) is 0.500. The Balaban J connectivity index is 2.13. The number of aliphatic carboxylic acids is 1. The Hall–Kier alpha value is -1.56. The molecule has 1 aliphatic heterocycles. The maximum Gasteiger partial charge on any atom is 0.306 e. The molecule has 0 aromatic heterocycles. The minimum Gasteiger partial charge on any atom is -0.481 e. The number of likely N-dealkylation sites (tertiary alicyclic amines) is 1. The molecule has 6 heteroatoms. The molecule has 2 atom stereocenters. The van der Waals surface area contributed by atoms with Crippen molar-refractivity contribution in [2.45, 2.75) is 25.3 Å². The molecule has 3 nitrogen and oxygen atoms in total. The summed E-state index contributed by atoms with van der Waals surface area (Å²) in [7, 11) is 1.85. The number of benzene rings is 1. The Labute approximate surface area is 115 Å². The summed E-state index contributed by atoms with van der Waals surface area (Å²) in [4.78, 5) is 13.0. The van der Waals surface area contributed by atoms with Gasteiger partial charge < -0.3 is 10.0 Å². The van der Waals surface area contributed by atoms with E-state index in [-0.39, 0.29) is 6.04 Å². The van der Waals surface area contributed by atoms with Gasteiger partial charge in [0, 0.05) is 6.04 Å². The highest BCUT2D eigenvalue weighted by atomic mass is 19.2. The summed E-state index contributed by atoms with van der Waals surface area (Å²) in [6, 6.07) is 1.82. The quantitative estimate of drug-likeness (QED) is 0.868. The number of hydrogen-bond donors (Lipinski definition) is 1. The number of rotatable bonds is 3. The number of carboxylic acid groups (broad SMARTS) is 1. The van der Waals surface area contributed by atoms with Crippen LogP contribution in [-0.4, -0.2) is 35.6 Å². The molecule has 2 unspecified atom stereocenters. The minimum atomic E-state index is -1.48. The third kappa shape index (κ3) is 3.12. The Morgan fingerprint density at radius 1 is 1.35 bits per heavy atom. The molecule has 0 spiro atoms. The second kappa shape index (κ2) is 5.83. The average molecular weight is 287 g/mol. The Bertz CT molecular complexity index is 498. The van der Waals surface area contributed by atoms with Gasteiger partial charge in [-0.15, -0.1) is 0 Å². The van der Waals surface area contributed by atoms with Crippen LogP contribution in [0.1, 0.15) is 18.4 Å². The maximum absolute atomic E-state index is 13.2. The van der Waals surface area contributed by atoms with Crippen LogP contribution in [0.2, 0.25) is 0 Å². The smallest absolute Gasteiger partial charge is 0.306 e. The lowest BCUT2D eigenvalue weighted by atomic mass is 9.88. The molecule has 0 bridgehead atoms. The van der Waals surface area contributed by atoms with Crippen molar-refractivity contribution in [2.24, 2.45) is 5.92 Å². The van der Waals surface area contributed by atoms with E-state index in [0.29, 0.717) is 31.4 Å². The first-order valence-electron chi connectivity index (χ1n) is 6.45. The zero-order chi connectivity index (χ0) is 14.9. The van der Waals surface area contributed by atoms with Crippen LogP contribution < -0.4 is 0 Å². The van der Waals surface area contributed by atoms with Crippen LogP contribution in [-0.2, 0) is 11.2 Å². The van der Waals surface area contributed by atoms with E-state index in [1.54, 1.807) is 0 Å². The van der Waals surface area contributed by atoms with Gasteiger partial charge in [0.05, 0.1) is 5.92 Å². The zero-order valence-corrected chi connectivity index (χ0v) is 11.1. The van der Waals surface area contributed by atoms with Gasteiger partial charge >= 0.3 is 5.97 Å². The fourth-order valence-electron chi connectivity index (χ4n) is 2.63. The minimum absolute atomic E-state index is 0.117. The molecule has 1 heterocycles. The number of halogens is 3. The molecule has 110 valence electrons. The normalized spacial score (nSPS) is 23.8. The first-order chi connectivity index (χ1) is 9.38. The van der Waals surface area contributed by atoms with Gasteiger partial charge in [0.25, 0.3) is 0 Å². The molecule has 1 aromatic rings. The first kappa shape index (κ1) is 14.8. The predicted octanol–water partition coefficient (Wildman–Crippen LogP) is 2.44. The van der Waals surface area contributed by atoms with Crippen molar-refractivity contribution in [3.8, 4) is 0 Å². The summed E-state index contributed by atoms with van der Waals surface area (Å²) in [5.41, 5.74) is 0.337. The fourth-order valence-corrected chi connectivity index (χ4v) is 2.63. The van der Waals surface area contributed by atoms with Crippen LogP contribution in [0, 0.1) is 23.4 Å². The van der Waals surface area contributed by atoms with E-state index in [2.05, 4.69) is 0 Å². The van der Waals surface area contributed by atoms with Gasteiger partial charge in [-0.2, -0.15) is 0 Å². The third-order valence-electron chi connectivity index (χ3n) is 3.87. The van der Waals surface area contributed by atoms with Crippen molar-refractivity contribution >= 4 is 5.97 Å². The van der Waals surface area contributed by atoms with Crippen LogP contribution in [0.15, 0.2) is 12.1 Å². The van der Waals surface area contributed by atoms with Gasteiger partial charge in [-0.25, -0.2) is 13.2 Å². The Kier molecular flexibility index (Phi) is 4.32. The molecule has 1 aromatic carbocycles. The highest BCUT2D eigenvalue weighted by molar-refractivity contribution is 5.70. The highest BCUT2D eigenvalue weighted by Gasteiger charge is 2.30. The maximum atomic E-state index is 13.2. The van der Waals surface area contributed by atoms with Crippen molar-refractivity contribution in [3.05, 3.63) is 35.1 Å². The van der Waals surface area contributed by atoms with Crippen molar-refractivity contribution in [1.82, 2.24) is 4.90 Å². The molecular formula is C14H16F3NO2. The molecule has 1 fully saturated rings. The summed E-state index contributed by atoms with van der Waals surface area (Å²) in [5.74, 6) is -5.19. The number of carbonyl (C=O) groups is 1. The summed E-state index contributed by atoms with van der Waals surface area (Å²) >= 11 is 0. The lowest BCUT2D eigenvalue weighted by molar-refractivity contribution is -0.143. The number of piperidine rings is 1. The van der Waals surface area contributed by atoms with E-state index in [1.807, 2.05) is 11.9 Å². The van der Waals surface area contributed by atoms with E-state index in [4.69, 9.17) is 5.11 Å². The second-order valence-corrected chi connectivity index (χ2v) is 5.27. The first-order valence-corrected chi connectivity index (χ1v) is 6.45. The van der Waals surface area contributed by atoms with E-state index in [9.17, 15) is 18.0 Å². The molecule has 0 aliphatic carbocycles. The Morgan fingerprint density at radius 2 is 1.95 bits per heavy atom. The third-order valence-corrected chi connectivity index (χ3v) is 3.87. The van der Waals surface area contributed by atoms with Crippen LogP contribution in [0.4, 0.5) is 13.2 Å². The summed E-state index contributed by atoms with van der Waals surface area (Å²) in [6.45, 7) is 0.619. The molecular weight excluding hydrogens is 271 g/mol. The van der Waals surface area contributed by atoms with Crippen molar-refractivity contribution in [2.75, 3.05) is 13.6 Å². The SMILES string of the molecule is CN1CCC(C(=O)O)CC1Cc1cc(F)c(F)c(F)c1. The van der Waals surface area contributed by atoms with Crippen molar-refractivity contribution in [3.63, 3.8) is 0 Å². The molecule has 2 rings (SSSR count). The van der Waals surface area contributed by atoms with Gasteiger partial charge in [-0.3, -0.25) is 4.79 Å². The molecule has 1 aliphatic rings. The zero-order valence-electron chi connectivity index (χ0n) is 11.1. The lowest BCUT2D eigenvalue weighted by Crippen LogP contribution is -2.43. The molecule has 20 heavy (non-hydrogen) atoms. The predicted molar refractivity (Wildman–Crippen MR) is 66.8 cm³/mol. The van der Waals surface area contributed by atoms with Gasteiger partial charge in [-0.05, 0) is 50.6 Å². The molecule has 0 radical (unpaired) electrons. The molecule has 1 N–H and O–H groups in total. The van der Waals surface area contributed by atoms with Crippen molar-refractivity contribution in [1.29, 1.82) is 0 Å². The van der Waals surface area contributed by atoms with E-state index < -0.39 is 29.3 Å². The second-order valence-electron chi connectivity index (χ2n) is 5.27. The highest BCUT2D eigenvalue weighted by Crippen LogP contribution is 2.25. The van der Waals surface area contributed by atoms with Gasteiger partial charge in [0.1, 0.15) is 0 Å². The standard InChI is InChI=1S/C14H16F3NO2/c1-18-3-2-9(14(19)20)7-10(18)4-8-5-11(15)13(17)12(16)6-8/h5-6,9-10H,2-4,7H2,1H3,(H,19,20). The number of likely N-dealkylation sites (N-methyl/N-ethyl adjacent to an activating group) is 1. The Morgan fingerprint density at radius 3 is 2.50 bits per heavy atom. The van der Waals surface area contributed by atoms with Crippen LogP contribution in [0.3, 0.4) is 0 Å². The topological polar surface area (TPSA) is 40.5 Å². The molecule has 1 saturated heterocycles. The van der Waals surface area contributed by atoms with Crippen LogP contribution >= 0.6 is 0 Å². The average Bonchev–Trinajstić information content (AvgIpc) is 2.38. The van der Waals surface area contributed by atoms with E-state index in [1.165, 1.54) is 0 Å². The van der Waals surface area contributed by atoms with E-state index >= 15 is 0 Å². The van der Waals surface area contributed by atoms with Crippen LogP contribution in [0.25, 0.3) is 0 Å². The summed E-state index contributed by atoms with van der Waals surface area (Å²) in [5, 5.41) is 9.04. The molecule has 0 amide bonds. The molecule has 0 saturated carbocycles. The number of nitrogens with zero attached hydrogens (tertiary/aromatic N) is 1. The summed E-state index contributed by atoms with van der Waals surface area (Å²) < 4.78 is 39.2. The lowest BCUT2D eigenvalue weighted by Gasteiger charge is -2.35. The van der Waals surface area contributed by atoms with E-state index in [0.717, 1.165) is 12.1 Å². The van der Waals surface area contributed by atoms with Crippen molar-refractivity contribution < 1.29 is 23.1 Å². The van der Waals surface area contributed by atoms with Crippen LogP contribution in [0.5, 0.6) is 0 Å². The van der Waals surface area contributed by atoms with Gasteiger partial charge in [0.2, 0.25) is 0 Å². The van der Waals surface area contributed by atoms with Gasteiger partial charge in [-0.1, -0.05) is 0 Å². The number of carboxylic acids is 1. The number of hydrogen-bond acceptors (Lipinski definition) is 2. The largest absolute Gasteiger partial charge is 0.481 e. The van der Waals surface area contributed by atoms with Gasteiger partial charge in [0.15, 0.2) is 17.5 Å². The summed E-state index contributed by atoms with van der Waals surface area (Å²) in [6.07, 6.45) is 1.29.